The van der Waals surface area contributed by atoms with Gasteiger partial charge in [-0.25, -0.2) is 0 Å². The summed E-state index contributed by atoms with van der Waals surface area (Å²) in [6.45, 7) is 2.37. The zero-order valence-electron chi connectivity index (χ0n) is 16.6. The predicted octanol–water partition coefficient (Wildman–Crippen LogP) is 7.25. The lowest BCUT2D eigenvalue weighted by Crippen LogP contribution is -2.04. The summed E-state index contributed by atoms with van der Waals surface area (Å²) >= 11 is 0. The Kier molecular flexibility index (Phi) is 7.09. The molecule has 0 amide bonds. The minimum atomic E-state index is -4.38. The number of hydrogen-bond acceptors (Lipinski definition) is 6. The van der Waals surface area contributed by atoms with Gasteiger partial charge < -0.3 is 10.4 Å². The molecule has 31 heavy (non-hydrogen) atoms. The molecular weight excluding hydrogens is 407 g/mol. The molecule has 2 N–H and O–H groups in total. The molecule has 0 aliphatic carbocycles. The molecule has 0 saturated carbocycles. The Bertz CT molecular complexity index is 1060. The largest absolute Gasteiger partial charge is 0.416 e. The fourth-order valence-corrected chi connectivity index (χ4v) is 2.60. The summed E-state index contributed by atoms with van der Waals surface area (Å²) in [6.07, 6.45) is -4.38. The Morgan fingerprint density at radius 1 is 0.774 bits per heavy atom. The van der Waals surface area contributed by atoms with Gasteiger partial charge in [-0.3, -0.25) is 0 Å². The van der Waals surface area contributed by atoms with Crippen LogP contribution in [0.3, 0.4) is 0 Å². The topological polar surface area (TPSA) is 81.7 Å². The van der Waals surface area contributed by atoms with E-state index >= 15 is 0 Å². The van der Waals surface area contributed by atoms with Gasteiger partial charge in [0.05, 0.1) is 34.9 Å². The van der Waals surface area contributed by atoms with Gasteiger partial charge >= 0.3 is 6.18 Å². The number of halogens is 3. The number of benzene rings is 3. The number of aliphatic hydroxyl groups is 1. The van der Waals surface area contributed by atoms with Crippen LogP contribution in [0.5, 0.6) is 0 Å². The Balaban J connectivity index is 1.65. The second-order valence-corrected chi connectivity index (χ2v) is 6.61. The van der Waals surface area contributed by atoms with Crippen molar-refractivity contribution >= 4 is 28.4 Å². The number of hydrogen-bond donors (Lipinski definition) is 2. The molecule has 0 fully saturated rings. The molecule has 160 valence electrons. The Morgan fingerprint density at radius 3 is 1.90 bits per heavy atom. The molecule has 0 spiro atoms. The normalized spacial score (nSPS) is 12.0. The first-order chi connectivity index (χ1) is 14.8. The highest BCUT2D eigenvalue weighted by Crippen LogP contribution is 2.31. The van der Waals surface area contributed by atoms with Crippen LogP contribution in [0, 0.1) is 6.92 Å². The fourth-order valence-electron chi connectivity index (χ4n) is 2.60. The van der Waals surface area contributed by atoms with Crippen LogP contribution in [-0.4, -0.2) is 18.3 Å². The summed E-state index contributed by atoms with van der Waals surface area (Å²) in [5.74, 6) is 0. The van der Waals surface area contributed by atoms with Crippen LogP contribution in [0.2, 0.25) is 0 Å². The first kappa shape index (κ1) is 22.1. The quantitative estimate of drug-likeness (QED) is 0.389. The van der Waals surface area contributed by atoms with Crippen molar-refractivity contribution in [1.82, 2.24) is 0 Å². The lowest BCUT2D eigenvalue weighted by molar-refractivity contribution is -0.137. The van der Waals surface area contributed by atoms with E-state index in [0.717, 1.165) is 23.4 Å². The van der Waals surface area contributed by atoms with E-state index in [9.17, 15) is 13.2 Å². The van der Waals surface area contributed by atoms with E-state index in [-0.39, 0.29) is 6.61 Å². The molecule has 9 heteroatoms. The van der Waals surface area contributed by atoms with E-state index in [2.05, 4.69) is 25.8 Å². The van der Waals surface area contributed by atoms with Crippen LogP contribution >= 0.6 is 0 Å². The summed E-state index contributed by atoms with van der Waals surface area (Å²) in [6, 6.07) is 17.0. The van der Waals surface area contributed by atoms with Gasteiger partial charge in [0.1, 0.15) is 0 Å². The van der Waals surface area contributed by atoms with E-state index < -0.39 is 11.7 Å². The van der Waals surface area contributed by atoms with Crippen LogP contribution in [0.15, 0.2) is 87.2 Å². The fraction of sp³-hybridized carbons (Fsp3) is 0.182. The van der Waals surface area contributed by atoms with Crippen molar-refractivity contribution in [3.05, 3.63) is 77.9 Å². The van der Waals surface area contributed by atoms with Crippen molar-refractivity contribution < 1.29 is 18.3 Å². The van der Waals surface area contributed by atoms with Gasteiger partial charge in [-0.15, -0.1) is 0 Å². The Labute approximate surface area is 177 Å². The second kappa shape index (κ2) is 9.94. The maximum Gasteiger partial charge on any atom is 0.416 e. The number of anilines is 1. The van der Waals surface area contributed by atoms with E-state index in [0.29, 0.717) is 29.3 Å². The van der Waals surface area contributed by atoms with E-state index in [4.69, 9.17) is 5.11 Å². The predicted molar refractivity (Wildman–Crippen MR) is 113 cm³/mol. The molecule has 0 heterocycles. The molecule has 0 radical (unpaired) electrons. The number of alkyl halides is 3. The minimum Gasteiger partial charge on any atom is -0.395 e. The van der Waals surface area contributed by atoms with Crippen molar-refractivity contribution in [2.24, 2.45) is 20.5 Å². The monoisotopic (exact) mass is 427 g/mol. The Hall–Kier alpha value is -3.59. The molecule has 0 aliphatic heterocycles. The second-order valence-electron chi connectivity index (χ2n) is 6.61. The molecule has 0 atom stereocenters. The SMILES string of the molecule is Cc1cc(/N=N/c2ccc(NCCO)cc2)ccc1/N=N/c1ccc(C(F)(F)F)cc1. The molecule has 6 nitrogen and oxygen atoms in total. The van der Waals surface area contributed by atoms with Gasteiger partial charge in [-0.2, -0.15) is 33.6 Å². The van der Waals surface area contributed by atoms with Crippen LogP contribution in [0.1, 0.15) is 11.1 Å². The number of nitrogens with one attached hydrogen (secondary N) is 1. The molecule has 0 saturated heterocycles. The molecule has 3 aromatic carbocycles. The van der Waals surface area contributed by atoms with Gasteiger partial charge in [0, 0.05) is 12.2 Å². The van der Waals surface area contributed by atoms with Gasteiger partial charge in [-0.05, 0) is 79.2 Å². The van der Waals surface area contributed by atoms with Gasteiger partial charge in [0.25, 0.3) is 0 Å². The van der Waals surface area contributed by atoms with Crippen LogP contribution in [0.4, 0.5) is 41.6 Å². The molecule has 0 aliphatic rings. The van der Waals surface area contributed by atoms with E-state index in [1.165, 1.54) is 12.1 Å². The molecular formula is C22H20F3N5O. The number of aliphatic hydroxyl groups excluding tert-OH is 1. The molecule has 0 bridgehead atoms. The van der Waals surface area contributed by atoms with Crippen molar-refractivity contribution in [2.75, 3.05) is 18.5 Å². The minimum absolute atomic E-state index is 0.0563. The average Bonchev–Trinajstić information content (AvgIpc) is 2.76. The summed E-state index contributed by atoms with van der Waals surface area (Å²) < 4.78 is 37.8. The molecule has 0 unspecified atom stereocenters. The summed E-state index contributed by atoms with van der Waals surface area (Å²) in [7, 11) is 0. The average molecular weight is 427 g/mol. The standard InChI is InChI=1S/C22H20F3N5O/c1-15-14-20(29-27-19-8-6-17(7-9-19)26-12-13-31)10-11-21(15)30-28-18-4-2-16(3-5-18)22(23,24)25/h2-11,14,26,31H,12-13H2,1H3/b29-27+,30-28+. The van der Waals surface area contributed by atoms with Crippen molar-refractivity contribution in [3.63, 3.8) is 0 Å². The smallest absolute Gasteiger partial charge is 0.395 e. The zero-order chi connectivity index (χ0) is 22.3. The molecule has 3 rings (SSSR count). The number of azo groups is 2. The third kappa shape index (κ3) is 6.45. The maximum atomic E-state index is 12.6. The first-order valence-electron chi connectivity index (χ1n) is 9.41. The first-order valence-corrected chi connectivity index (χ1v) is 9.41. The summed E-state index contributed by atoms with van der Waals surface area (Å²) in [4.78, 5) is 0. The lowest BCUT2D eigenvalue weighted by Gasteiger charge is -2.05. The van der Waals surface area contributed by atoms with Crippen LogP contribution < -0.4 is 5.32 Å². The van der Waals surface area contributed by atoms with Crippen LogP contribution in [0.25, 0.3) is 0 Å². The van der Waals surface area contributed by atoms with Gasteiger partial charge in [0.15, 0.2) is 0 Å². The third-order valence-corrected chi connectivity index (χ3v) is 4.24. The highest BCUT2D eigenvalue weighted by Gasteiger charge is 2.29. The maximum absolute atomic E-state index is 12.6. The van der Waals surface area contributed by atoms with Crippen molar-refractivity contribution in [1.29, 1.82) is 0 Å². The van der Waals surface area contributed by atoms with Gasteiger partial charge in [-0.1, -0.05) is 0 Å². The number of rotatable bonds is 7. The highest BCUT2D eigenvalue weighted by atomic mass is 19.4. The van der Waals surface area contributed by atoms with Crippen LogP contribution in [-0.2, 0) is 6.18 Å². The van der Waals surface area contributed by atoms with Gasteiger partial charge in [0.2, 0.25) is 0 Å². The van der Waals surface area contributed by atoms with E-state index in [1.54, 1.807) is 18.2 Å². The Morgan fingerprint density at radius 2 is 1.32 bits per heavy atom. The molecule has 0 aromatic heterocycles. The van der Waals surface area contributed by atoms with E-state index in [1.807, 2.05) is 31.2 Å². The number of nitrogens with zero attached hydrogens (tertiary/aromatic N) is 4. The zero-order valence-corrected chi connectivity index (χ0v) is 16.6. The highest BCUT2D eigenvalue weighted by molar-refractivity contribution is 5.55. The lowest BCUT2D eigenvalue weighted by atomic mass is 10.2. The number of aryl methyl sites for hydroxylation is 1. The third-order valence-electron chi connectivity index (χ3n) is 4.24. The summed E-state index contributed by atoms with van der Waals surface area (Å²) in [5, 5.41) is 28.4. The van der Waals surface area contributed by atoms with Crippen molar-refractivity contribution in [2.45, 2.75) is 13.1 Å². The molecule has 3 aromatic rings. The summed E-state index contributed by atoms with van der Waals surface area (Å²) in [5.41, 5.74) is 3.17. The van der Waals surface area contributed by atoms with Crippen molar-refractivity contribution in [3.8, 4) is 0 Å².